The Hall–Kier alpha value is -2.67. The Morgan fingerprint density at radius 1 is 1.13 bits per heavy atom. The number of hydrogen-bond acceptors (Lipinski definition) is 6. The van der Waals surface area contributed by atoms with Gasteiger partial charge in [-0.25, -0.2) is 0 Å². The van der Waals surface area contributed by atoms with Gasteiger partial charge in [0.1, 0.15) is 5.75 Å². The molecule has 0 unspecified atom stereocenters. The van der Waals surface area contributed by atoms with Crippen molar-refractivity contribution in [1.82, 2.24) is 5.32 Å². The minimum atomic E-state index is -0.694. The summed E-state index contributed by atoms with van der Waals surface area (Å²) in [5, 5.41) is 4.00. The molecule has 1 aromatic heterocycles. The van der Waals surface area contributed by atoms with Crippen LogP contribution >= 0.6 is 11.3 Å². The van der Waals surface area contributed by atoms with Crippen molar-refractivity contribution in [2.24, 2.45) is 0 Å². The van der Waals surface area contributed by atoms with Crippen molar-refractivity contribution < 1.29 is 23.9 Å². The third-order valence-electron chi connectivity index (χ3n) is 2.87. The summed E-state index contributed by atoms with van der Waals surface area (Å²) in [7, 11) is 1.43. The van der Waals surface area contributed by atoms with Gasteiger partial charge in [-0.1, -0.05) is 18.2 Å². The van der Waals surface area contributed by atoms with E-state index < -0.39 is 24.4 Å². The third kappa shape index (κ3) is 4.93. The van der Waals surface area contributed by atoms with E-state index in [9.17, 15) is 14.4 Å². The summed E-state index contributed by atoms with van der Waals surface area (Å²) in [6.07, 6.45) is 0.103. The summed E-state index contributed by atoms with van der Waals surface area (Å²) in [6.45, 7) is -0.509. The van der Waals surface area contributed by atoms with Crippen molar-refractivity contribution in [2.75, 3.05) is 13.7 Å². The van der Waals surface area contributed by atoms with Crippen LogP contribution in [0.25, 0.3) is 0 Å². The molecule has 1 heterocycles. The molecule has 0 fully saturated rings. The first-order valence-corrected chi connectivity index (χ1v) is 7.63. The molecule has 2 rings (SSSR count). The van der Waals surface area contributed by atoms with Gasteiger partial charge in [0.05, 0.1) is 19.1 Å². The van der Waals surface area contributed by atoms with E-state index in [1.165, 1.54) is 24.5 Å². The number of benzene rings is 1. The van der Waals surface area contributed by atoms with Crippen LogP contribution in [0.3, 0.4) is 0 Å². The van der Waals surface area contributed by atoms with E-state index in [2.05, 4.69) is 5.32 Å². The molecule has 0 atom stereocenters. The summed E-state index contributed by atoms with van der Waals surface area (Å²) >= 11 is 1.43. The maximum Gasteiger partial charge on any atom is 0.311 e. The summed E-state index contributed by atoms with van der Waals surface area (Å²) in [6, 6.07) is 10.1. The lowest BCUT2D eigenvalue weighted by molar-refractivity contribution is -0.147. The number of hydrogen-bond donors (Lipinski definition) is 1. The highest BCUT2D eigenvalue weighted by molar-refractivity contribution is 7.10. The zero-order valence-corrected chi connectivity index (χ0v) is 13.2. The second-order valence-corrected chi connectivity index (χ2v) is 5.53. The van der Waals surface area contributed by atoms with Gasteiger partial charge in [0.2, 0.25) is 0 Å². The number of methoxy groups -OCH3 is 1. The number of esters is 1. The highest BCUT2D eigenvalue weighted by Gasteiger charge is 2.16. The molecule has 0 spiro atoms. The topological polar surface area (TPSA) is 81.7 Å². The molecule has 0 bridgehead atoms. The number of imide groups is 1. The Kier molecular flexibility index (Phi) is 5.87. The fraction of sp³-hybridized carbons (Fsp3) is 0.188. The number of carbonyl (C=O) groups is 3. The largest absolute Gasteiger partial charge is 0.496 e. The van der Waals surface area contributed by atoms with Crippen LogP contribution in [-0.2, 0) is 20.7 Å². The van der Waals surface area contributed by atoms with Gasteiger partial charge in [0, 0.05) is 4.88 Å². The Morgan fingerprint density at radius 2 is 1.91 bits per heavy atom. The van der Waals surface area contributed by atoms with Gasteiger partial charge in [-0.3, -0.25) is 19.7 Å². The molecule has 1 aromatic carbocycles. The van der Waals surface area contributed by atoms with Crippen molar-refractivity contribution in [2.45, 2.75) is 6.42 Å². The van der Waals surface area contributed by atoms with Gasteiger partial charge in [-0.2, -0.15) is 0 Å². The lowest BCUT2D eigenvalue weighted by Crippen LogP contribution is -2.34. The number of ether oxygens (including phenoxy) is 2. The van der Waals surface area contributed by atoms with Gasteiger partial charge in [0.25, 0.3) is 11.8 Å². The van der Waals surface area contributed by atoms with Crippen LogP contribution in [0.4, 0.5) is 0 Å². The summed E-state index contributed by atoms with van der Waals surface area (Å²) in [5.41, 5.74) is 0.230. The van der Waals surface area contributed by atoms with E-state index in [-0.39, 0.29) is 12.0 Å². The Morgan fingerprint density at radius 3 is 2.61 bits per heavy atom. The fourth-order valence-electron chi connectivity index (χ4n) is 1.81. The maximum absolute atomic E-state index is 12.0. The van der Waals surface area contributed by atoms with Crippen LogP contribution < -0.4 is 10.1 Å². The first kappa shape index (κ1) is 16.7. The van der Waals surface area contributed by atoms with E-state index in [1.807, 2.05) is 11.4 Å². The molecule has 120 valence electrons. The fourth-order valence-corrected chi connectivity index (χ4v) is 2.51. The quantitative estimate of drug-likeness (QED) is 0.815. The second-order valence-electron chi connectivity index (χ2n) is 4.49. The smallest absolute Gasteiger partial charge is 0.311 e. The minimum Gasteiger partial charge on any atom is -0.496 e. The average molecular weight is 333 g/mol. The van der Waals surface area contributed by atoms with Crippen molar-refractivity contribution >= 4 is 29.1 Å². The Labute approximate surface area is 137 Å². The van der Waals surface area contributed by atoms with Crippen molar-refractivity contribution in [1.29, 1.82) is 0 Å². The number of para-hydroxylation sites is 1. The first-order valence-electron chi connectivity index (χ1n) is 6.75. The molecule has 1 N–H and O–H groups in total. The van der Waals surface area contributed by atoms with Gasteiger partial charge < -0.3 is 9.47 Å². The minimum absolute atomic E-state index is 0.103. The molecular formula is C16H15NO5S. The number of thiophene rings is 1. The monoisotopic (exact) mass is 333 g/mol. The first-order chi connectivity index (χ1) is 11.1. The van der Waals surface area contributed by atoms with Crippen molar-refractivity contribution in [3.8, 4) is 5.75 Å². The van der Waals surface area contributed by atoms with E-state index in [4.69, 9.17) is 9.47 Å². The van der Waals surface area contributed by atoms with E-state index in [0.717, 1.165) is 4.88 Å². The lowest BCUT2D eigenvalue weighted by atomic mass is 10.2. The maximum atomic E-state index is 12.0. The van der Waals surface area contributed by atoms with E-state index in [0.29, 0.717) is 5.75 Å². The number of amides is 2. The van der Waals surface area contributed by atoms with Gasteiger partial charge in [-0.15, -0.1) is 11.3 Å². The van der Waals surface area contributed by atoms with E-state index in [1.54, 1.807) is 24.3 Å². The molecule has 6 nitrogen and oxygen atoms in total. The standard InChI is InChI=1S/C16H15NO5S/c1-21-13-7-3-2-6-12(13)16(20)17-14(18)10-22-15(19)9-11-5-4-8-23-11/h2-8H,9-10H2,1H3,(H,17,18,20). The molecule has 0 aliphatic heterocycles. The van der Waals surface area contributed by atoms with Gasteiger partial charge in [0.15, 0.2) is 6.61 Å². The number of rotatable bonds is 6. The summed E-state index contributed by atoms with van der Waals surface area (Å²) in [4.78, 5) is 36.1. The highest BCUT2D eigenvalue weighted by atomic mass is 32.1. The number of nitrogens with one attached hydrogen (secondary N) is 1. The normalized spacial score (nSPS) is 9.96. The van der Waals surface area contributed by atoms with Crippen LogP contribution in [-0.4, -0.2) is 31.5 Å². The zero-order chi connectivity index (χ0) is 16.7. The summed E-state index contributed by atoms with van der Waals surface area (Å²) in [5.74, 6) is -1.47. The van der Waals surface area contributed by atoms with Crippen molar-refractivity contribution in [3.05, 3.63) is 52.2 Å². The molecule has 0 saturated carbocycles. The van der Waals surface area contributed by atoms with Crippen LogP contribution in [0.1, 0.15) is 15.2 Å². The molecule has 0 saturated heterocycles. The molecule has 7 heteroatoms. The molecule has 0 aliphatic rings. The molecular weight excluding hydrogens is 318 g/mol. The average Bonchev–Trinajstić information content (AvgIpc) is 3.05. The SMILES string of the molecule is COc1ccccc1C(=O)NC(=O)COC(=O)Cc1cccs1. The van der Waals surface area contributed by atoms with E-state index >= 15 is 0 Å². The zero-order valence-electron chi connectivity index (χ0n) is 12.4. The predicted octanol–water partition coefficient (Wildman–Crippen LogP) is 1.80. The third-order valence-corrected chi connectivity index (χ3v) is 3.74. The van der Waals surface area contributed by atoms with Gasteiger partial charge in [-0.05, 0) is 23.6 Å². The highest BCUT2D eigenvalue weighted by Crippen LogP contribution is 2.16. The van der Waals surface area contributed by atoms with Crippen LogP contribution in [0.15, 0.2) is 41.8 Å². The Bertz CT molecular complexity index is 696. The summed E-state index contributed by atoms with van der Waals surface area (Å²) < 4.78 is 9.89. The predicted molar refractivity (Wildman–Crippen MR) is 84.4 cm³/mol. The second kappa shape index (κ2) is 8.09. The molecule has 0 radical (unpaired) electrons. The Balaban J connectivity index is 1.82. The molecule has 2 amide bonds. The van der Waals surface area contributed by atoms with Crippen LogP contribution in [0.5, 0.6) is 5.75 Å². The lowest BCUT2D eigenvalue weighted by Gasteiger charge is -2.08. The molecule has 23 heavy (non-hydrogen) atoms. The van der Waals surface area contributed by atoms with Crippen molar-refractivity contribution in [3.63, 3.8) is 0 Å². The van der Waals surface area contributed by atoms with Crippen LogP contribution in [0.2, 0.25) is 0 Å². The van der Waals surface area contributed by atoms with Gasteiger partial charge >= 0.3 is 5.97 Å². The number of carbonyl (C=O) groups excluding carboxylic acids is 3. The molecule has 0 aliphatic carbocycles. The molecule has 2 aromatic rings. The van der Waals surface area contributed by atoms with Crippen LogP contribution in [0, 0.1) is 0 Å².